The number of amides is 1. The first-order valence-corrected chi connectivity index (χ1v) is 12.8. The number of esters is 1. The quantitative estimate of drug-likeness (QED) is 0.345. The van der Waals surface area contributed by atoms with E-state index >= 15 is 0 Å². The van der Waals surface area contributed by atoms with Crippen molar-refractivity contribution in [2.75, 3.05) is 13.1 Å². The number of nitrogens with zero attached hydrogens (tertiary/aromatic N) is 1. The smallest absolute Gasteiger partial charge is 0.416 e. The van der Waals surface area contributed by atoms with Gasteiger partial charge in [-0.3, -0.25) is 9.59 Å². The summed E-state index contributed by atoms with van der Waals surface area (Å²) in [4.78, 5) is 38.6. The van der Waals surface area contributed by atoms with Crippen molar-refractivity contribution >= 4 is 17.8 Å². The van der Waals surface area contributed by atoms with E-state index in [4.69, 9.17) is 4.74 Å². The van der Waals surface area contributed by atoms with Crippen molar-refractivity contribution in [1.82, 2.24) is 4.90 Å². The summed E-state index contributed by atoms with van der Waals surface area (Å²) < 4.78 is 46.1. The normalized spacial score (nSPS) is 15.8. The summed E-state index contributed by atoms with van der Waals surface area (Å²) in [6, 6.07) is 8.39. The Morgan fingerprint density at radius 3 is 2.10 bits per heavy atom. The summed E-state index contributed by atoms with van der Waals surface area (Å²) >= 11 is 0. The molecule has 0 aliphatic carbocycles. The molecule has 2 aromatic rings. The first-order valence-electron chi connectivity index (χ1n) is 12.8. The number of hydrogen-bond donors (Lipinski definition) is 2. The molecule has 0 radical (unpaired) electrons. The highest BCUT2D eigenvalue weighted by Crippen LogP contribution is 2.33. The average Bonchev–Trinajstić information content (AvgIpc) is 2.83. The van der Waals surface area contributed by atoms with Gasteiger partial charge in [0.05, 0.1) is 28.6 Å². The summed E-state index contributed by atoms with van der Waals surface area (Å²) in [6.07, 6.45) is -3.71. The van der Waals surface area contributed by atoms with E-state index in [9.17, 15) is 37.8 Å². The number of carbonyl (C=O) groups excluding carboxylic acids is 2. The van der Waals surface area contributed by atoms with Crippen LogP contribution in [0.1, 0.15) is 74.0 Å². The van der Waals surface area contributed by atoms with Gasteiger partial charge in [0, 0.05) is 13.1 Å². The zero-order valence-corrected chi connectivity index (χ0v) is 22.5. The van der Waals surface area contributed by atoms with E-state index in [2.05, 4.69) is 0 Å². The summed E-state index contributed by atoms with van der Waals surface area (Å²) in [5.74, 6) is -2.17. The van der Waals surface area contributed by atoms with Crippen LogP contribution in [0.5, 0.6) is 5.75 Å². The summed E-state index contributed by atoms with van der Waals surface area (Å²) in [5, 5.41) is 20.1. The van der Waals surface area contributed by atoms with Crippen LogP contribution in [0.4, 0.5) is 13.2 Å². The van der Waals surface area contributed by atoms with Crippen LogP contribution < -0.4 is 4.74 Å². The number of carboxylic acids is 1. The molecule has 212 valence electrons. The third-order valence-corrected chi connectivity index (χ3v) is 7.07. The maximum Gasteiger partial charge on any atom is 0.416 e. The van der Waals surface area contributed by atoms with E-state index in [1.165, 1.54) is 49.1 Å². The molecule has 1 aliphatic rings. The first-order chi connectivity index (χ1) is 18.0. The van der Waals surface area contributed by atoms with Gasteiger partial charge in [-0.1, -0.05) is 26.0 Å². The number of benzene rings is 2. The third-order valence-electron chi connectivity index (χ3n) is 7.07. The molecule has 1 amide bonds. The Hall–Kier alpha value is -3.40. The van der Waals surface area contributed by atoms with E-state index in [0.29, 0.717) is 44.0 Å². The number of rotatable bonds is 8. The Balaban J connectivity index is 1.76. The minimum atomic E-state index is -4.75. The van der Waals surface area contributed by atoms with Crippen LogP contribution in [-0.4, -0.2) is 51.6 Å². The van der Waals surface area contributed by atoms with Crippen molar-refractivity contribution in [3.8, 4) is 5.75 Å². The maximum absolute atomic E-state index is 13.6. The molecule has 1 heterocycles. The molecular formula is C29H34F3NO6. The fraction of sp³-hybridized carbons (Fsp3) is 0.483. The molecule has 39 heavy (non-hydrogen) atoms. The Bertz CT molecular complexity index is 1210. The van der Waals surface area contributed by atoms with Gasteiger partial charge in [-0.15, -0.1) is 0 Å². The van der Waals surface area contributed by atoms with Crippen molar-refractivity contribution in [3.63, 3.8) is 0 Å². The molecule has 0 aromatic heterocycles. The number of likely N-dealkylation sites (tertiary alicyclic amines) is 1. The van der Waals surface area contributed by atoms with Crippen LogP contribution in [0.3, 0.4) is 0 Å². The molecule has 0 unspecified atom stereocenters. The number of halogens is 3. The lowest BCUT2D eigenvalue weighted by atomic mass is 9.84. The van der Waals surface area contributed by atoms with Gasteiger partial charge in [-0.2, -0.15) is 13.2 Å². The van der Waals surface area contributed by atoms with Crippen LogP contribution in [0.15, 0.2) is 42.5 Å². The van der Waals surface area contributed by atoms with Crippen molar-refractivity contribution in [2.24, 2.45) is 5.92 Å². The second kappa shape index (κ2) is 11.4. The minimum absolute atomic E-state index is 0.0170. The number of piperidine rings is 1. The number of hydrogen-bond acceptors (Lipinski definition) is 5. The number of carbonyl (C=O) groups is 3. The van der Waals surface area contributed by atoms with Crippen molar-refractivity contribution < 1.29 is 42.5 Å². The molecule has 10 heteroatoms. The fourth-order valence-corrected chi connectivity index (χ4v) is 4.73. The third kappa shape index (κ3) is 7.59. The SMILES string of the molecule is CC(C)CC1(O)CCN(C(=O)Cc2cc(C(=O)Oc3ccc(C(C)(C)C(=O)O)cc3)cc(C(F)(F)F)c2)CC1. The molecular weight excluding hydrogens is 515 g/mol. The van der Waals surface area contributed by atoms with Gasteiger partial charge in [-0.25, -0.2) is 4.79 Å². The number of aliphatic hydroxyl groups is 1. The summed E-state index contributed by atoms with van der Waals surface area (Å²) in [5.41, 5.74) is -3.03. The van der Waals surface area contributed by atoms with Gasteiger partial charge in [-0.05, 0) is 80.5 Å². The zero-order valence-electron chi connectivity index (χ0n) is 22.5. The topological polar surface area (TPSA) is 104 Å². The average molecular weight is 550 g/mol. The van der Waals surface area contributed by atoms with E-state index in [0.717, 1.165) is 6.07 Å². The molecule has 0 bridgehead atoms. The maximum atomic E-state index is 13.6. The van der Waals surface area contributed by atoms with Crippen LogP contribution in [-0.2, 0) is 27.6 Å². The van der Waals surface area contributed by atoms with Gasteiger partial charge in [0.25, 0.3) is 0 Å². The lowest BCUT2D eigenvalue weighted by Gasteiger charge is -2.39. The second-order valence-corrected chi connectivity index (χ2v) is 11.1. The number of alkyl halides is 3. The highest BCUT2D eigenvalue weighted by molar-refractivity contribution is 5.92. The van der Waals surface area contributed by atoms with Crippen LogP contribution in [0.2, 0.25) is 0 Å². The van der Waals surface area contributed by atoms with Gasteiger partial charge >= 0.3 is 18.1 Å². The predicted octanol–water partition coefficient (Wildman–Crippen LogP) is 5.23. The van der Waals surface area contributed by atoms with Crippen LogP contribution in [0, 0.1) is 5.92 Å². The van der Waals surface area contributed by atoms with E-state index in [1.54, 1.807) is 0 Å². The molecule has 7 nitrogen and oxygen atoms in total. The lowest BCUT2D eigenvalue weighted by molar-refractivity contribution is -0.142. The van der Waals surface area contributed by atoms with E-state index in [1.807, 2.05) is 13.8 Å². The summed E-state index contributed by atoms with van der Waals surface area (Å²) in [7, 11) is 0. The molecule has 0 spiro atoms. The fourth-order valence-electron chi connectivity index (χ4n) is 4.73. The van der Waals surface area contributed by atoms with Crippen molar-refractivity contribution in [2.45, 2.75) is 70.6 Å². The molecule has 3 rings (SSSR count). The van der Waals surface area contributed by atoms with Gasteiger partial charge in [0.2, 0.25) is 5.91 Å². The van der Waals surface area contributed by atoms with Crippen molar-refractivity contribution in [1.29, 1.82) is 0 Å². The summed E-state index contributed by atoms with van der Waals surface area (Å²) in [6.45, 7) is 7.62. The molecule has 1 saturated heterocycles. The Kier molecular flexibility index (Phi) is 8.79. The molecule has 0 atom stereocenters. The highest BCUT2D eigenvalue weighted by atomic mass is 19.4. The van der Waals surface area contributed by atoms with Crippen LogP contribution >= 0.6 is 0 Å². The molecule has 2 aromatic carbocycles. The number of aliphatic carboxylic acids is 1. The lowest BCUT2D eigenvalue weighted by Crippen LogP contribution is -2.47. The van der Waals surface area contributed by atoms with Crippen LogP contribution in [0.25, 0.3) is 0 Å². The molecule has 0 saturated carbocycles. The standard InChI is InChI=1S/C29H34F3NO6/c1-18(2)17-28(38)9-11-33(12-10-28)24(34)15-19-13-20(16-22(14-19)29(30,31)32)25(35)39-23-7-5-21(6-8-23)27(3,4)26(36)37/h5-8,13-14,16,18,38H,9-12,15,17H2,1-4H3,(H,36,37). The van der Waals surface area contributed by atoms with Gasteiger partial charge < -0.3 is 19.8 Å². The Labute approximate surface area is 225 Å². The van der Waals surface area contributed by atoms with Gasteiger partial charge in [0.1, 0.15) is 5.75 Å². The monoisotopic (exact) mass is 549 g/mol. The van der Waals surface area contributed by atoms with E-state index < -0.39 is 40.6 Å². The largest absolute Gasteiger partial charge is 0.481 e. The predicted molar refractivity (Wildman–Crippen MR) is 137 cm³/mol. The second-order valence-electron chi connectivity index (χ2n) is 11.1. The zero-order chi connectivity index (χ0) is 29.2. The molecule has 1 fully saturated rings. The Morgan fingerprint density at radius 1 is 1.00 bits per heavy atom. The minimum Gasteiger partial charge on any atom is -0.481 e. The highest BCUT2D eigenvalue weighted by Gasteiger charge is 2.35. The Morgan fingerprint density at radius 2 is 1.59 bits per heavy atom. The van der Waals surface area contributed by atoms with Gasteiger partial charge in [0.15, 0.2) is 0 Å². The van der Waals surface area contributed by atoms with Crippen molar-refractivity contribution in [3.05, 3.63) is 64.7 Å². The molecule has 2 N–H and O–H groups in total. The number of ether oxygens (including phenoxy) is 1. The number of carboxylic acid groups (broad SMARTS) is 1. The molecule has 1 aliphatic heterocycles. The first kappa shape index (κ1) is 30.1. The van der Waals surface area contributed by atoms with E-state index in [-0.39, 0.29) is 29.2 Å².